The van der Waals surface area contributed by atoms with Crippen molar-refractivity contribution in [3.8, 4) is 0 Å². The van der Waals surface area contributed by atoms with Crippen LogP contribution in [-0.2, 0) is 19.5 Å². The molecule has 0 nitrogen and oxygen atoms in total. The molecule has 1 aromatic heterocycles. The van der Waals surface area contributed by atoms with Crippen molar-refractivity contribution in [1.29, 1.82) is 0 Å². The van der Waals surface area contributed by atoms with E-state index < -0.39 is 0 Å². The molecule has 0 fully saturated rings. The predicted molar refractivity (Wildman–Crippen MR) is 34.2 cm³/mol. The van der Waals surface area contributed by atoms with Crippen LogP contribution in [0.25, 0.3) is 0 Å². The van der Waals surface area contributed by atoms with Crippen molar-refractivity contribution in [3.63, 3.8) is 0 Å². The Kier molecular flexibility index (Phi) is 14.4. The Labute approximate surface area is 67.7 Å². The van der Waals surface area contributed by atoms with Gasteiger partial charge in [0, 0.05) is 0 Å². The zero-order valence-electron chi connectivity index (χ0n) is 5.05. The molecule has 2 heteroatoms. The molecule has 0 unspecified atom stereocenters. The summed E-state index contributed by atoms with van der Waals surface area (Å²) in [6, 6.07) is 3.86. The fourth-order valence-corrected chi connectivity index (χ4v) is 0.589. The molecular formula is C6H8SZn. The second-order valence-corrected chi connectivity index (χ2v) is 1.47. The molecule has 0 aliphatic heterocycles. The van der Waals surface area contributed by atoms with Crippen LogP contribution in [0, 0.1) is 12.3 Å². The number of thiophene rings is 1. The third-order valence-corrected chi connectivity index (χ3v) is 0.944. The van der Waals surface area contributed by atoms with Gasteiger partial charge in [-0.25, -0.2) is 6.07 Å². The van der Waals surface area contributed by atoms with Crippen LogP contribution in [0.5, 0.6) is 0 Å². The Hall–Kier alpha value is 0.323. The molecule has 0 radical (unpaired) electrons. The third-order valence-electron chi connectivity index (χ3n) is 0.379. The molecule has 1 aromatic rings. The van der Waals surface area contributed by atoms with Crippen LogP contribution in [0.3, 0.4) is 0 Å². The van der Waals surface area contributed by atoms with E-state index in [2.05, 4.69) is 12.3 Å². The van der Waals surface area contributed by atoms with Gasteiger partial charge < -0.3 is 18.3 Å². The average molecular weight is 178 g/mol. The summed E-state index contributed by atoms with van der Waals surface area (Å²) in [5.41, 5.74) is 0. The molecule has 40 valence electrons. The molecule has 0 saturated heterocycles. The Bertz CT molecular complexity index is 65.0. The maximum absolute atomic E-state index is 3.25. The largest absolute Gasteiger partial charge is 2.00 e. The van der Waals surface area contributed by atoms with Crippen molar-refractivity contribution in [2.45, 2.75) is 6.92 Å². The minimum atomic E-state index is 0. The van der Waals surface area contributed by atoms with E-state index in [1.54, 1.807) is 18.3 Å². The summed E-state index contributed by atoms with van der Waals surface area (Å²) in [5.74, 6) is 0. The van der Waals surface area contributed by atoms with Crippen LogP contribution in [0.15, 0.2) is 17.5 Å². The van der Waals surface area contributed by atoms with Crippen molar-refractivity contribution in [3.05, 3.63) is 29.8 Å². The minimum absolute atomic E-state index is 0. The number of rotatable bonds is 0. The fraction of sp³-hybridized carbons (Fsp3) is 0.167. The van der Waals surface area contributed by atoms with Gasteiger partial charge in [0.1, 0.15) is 0 Å². The van der Waals surface area contributed by atoms with Crippen molar-refractivity contribution in [2.24, 2.45) is 0 Å². The molecule has 0 atom stereocenters. The molecule has 1 rings (SSSR count). The van der Waals surface area contributed by atoms with Gasteiger partial charge in [0.15, 0.2) is 0 Å². The van der Waals surface area contributed by atoms with Crippen molar-refractivity contribution in [2.75, 3.05) is 0 Å². The maximum Gasteiger partial charge on any atom is 2.00 e. The molecule has 1 heterocycles. The Morgan fingerprint density at radius 3 is 2.25 bits per heavy atom. The normalized spacial score (nSPS) is 5.75. The monoisotopic (exact) mass is 176 g/mol. The summed E-state index contributed by atoms with van der Waals surface area (Å²) in [4.78, 5) is 0. The second-order valence-electron chi connectivity index (χ2n) is 0.731. The first-order valence-corrected chi connectivity index (χ1v) is 2.98. The van der Waals surface area contributed by atoms with Gasteiger partial charge in [0.25, 0.3) is 0 Å². The Balaban J connectivity index is 0. The molecular weight excluding hydrogens is 170 g/mol. The van der Waals surface area contributed by atoms with Crippen LogP contribution >= 0.6 is 11.3 Å². The predicted octanol–water partition coefficient (Wildman–Crippen LogP) is 2.39. The van der Waals surface area contributed by atoms with Crippen molar-refractivity contribution >= 4 is 11.3 Å². The minimum Gasteiger partial charge on any atom is -0.346 e. The second kappa shape index (κ2) is 10.3. The first kappa shape index (κ1) is 11.2. The van der Waals surface area contributed by atoms with Gasteiger partial charge >= 0.3 is 19.5 Å². The fourth-order valence-electron chi connectivity index (χ4n) is 0.196. The standard InChI is InChI=1S/C4H3S.C2H5.Zn/c1-2-4-5-3-1;1-2;/h1-3H;1H2,2H3;/q2*-1;+2. The van der Waals surface area contributed by atoms with Gasteiger partial charge in [-0.2, -0.15) is 18.4 Å². The van der Waals surface area contributed by atoms with Crippen LogP contribution in [-0.4, -0.2) is 0 Å². The van der Waals surface area contributed by atoms with Gasteiger partial charge in [-0.1, -0.05) is 0 Å². The van der Waals surface area contributed by atoms with Gasteiger partial charge in [-0.3, -0.25) is 0 Å². The number of hydrogen-bond acceptors (Lipinski definition) is 1. The van der Waals surface area contributed by atoms with E-state index in [4.69, 9.17) is 0 Å². The smallest absolute Gasteiger partial charge is 0.346 e. The van der Waals surface area contributed by atoms with E-state index in [0.717, 1.165) is 0 Å². The third kappa shape index (κ3) is 6.32. The summed E-state index contributed by atoms with van der Waals surface area (Å²) in [6.07, 6.45) is 0. The number of hydrogen-bond donors (Lipinski definition) is 0. The summed E-state index contributed by atoms with van der Waals surface area (Å²) < 4.78 is 0. The summed E-state index contributed by atoms with van der Waals surface area (Å²) >= 11 is 1.59. The molecule has 0 aliphatic carbocycles. The quantitative estimate of drug-likeness (QED) is 0.422. The first-order chi connectivity index (χ1) is 3.50. The van der Waals surface area contributed by atoms with Gasteiger partial charge in [-0.15, -0.1) is 5.38 Å². The van der Waals surface area contributed by atoms with Crippen LogP contribution < -0.4 is 0 Å². The average Bonchev–Trinajstić information content (AvgIpc) is 2.23. The van der Waals surface area contributed by atoms with E-state index in [-0.39, 0.29) is 19.5 Å². The zero-order valence-corrected chi connectivity index (χ0v) is 8.84. The van der Waals surface area contributed by atoms with Crippen LogP contribution in [0.2, 0.25) is 0 Å². The molecule has 0 aromatic carbocycles. The van der Waals surface area contributed by atoms with Crippen molar-refractivity contribution < 1.29 is 19.5 Å². The molecule has 0 bridgehead atoms. The molecule has 0 saturated carbocycles. The van der Waals surface area contributed by atoms with Crippen molar-refractivity contribution in [1.82, 2.24) is 0 Å². The van der Waals surface area contributed by atoms with Gasteiger partial charge in [-0.05, 0) is 0 Å². The van der Waals surface area contributed by atoms with Crippen LogP contribution in [0.1, 0.15) is 6.92 Å². The Morgan fingerprint density at radius 2 is 2.12 bits per heavy atom. The van der Waals surface area contributed by atoms with Gasteiger partial charge in [0.2, 0.25) is 0 Å². The van der Waals surface area contributed by atoms with E-state index in [1.807, 2.05) is 17.5 Å². The zero-order chi connectivity index (χ0) is 5.54. The van der Waals surface area contributed by atoms with E-state index >= 15 is 0 Å². The Morgan fingerprint density at radius 1 is 1.50 bits per heavy atom. The summed E-state index contributed by atoms with van der Waals surface area (Å²) in [5, 5.41) is 4.89. The molecule has 0 amide bonds. The SMILES string of the molecule is [CH2-]C.[Zn+2].[c-]1cccs1. The van der Waals surface area contributed by atoms with Crippen LogP contribution in [0.4, 0.5) is 0 Å². The molecule has 8 heavy (non-hydrogen) atoms. The summed E-state index contributed by atoms with van der Waals surface area (Å²) in [7, 11) is 0. The molecule has 0 N–H and O–H groups in total. The summed E-state index contributed by atoms with van der Waals surface area (Å²) in [6.45, 7) is 5.00. The molecule has 0 spiro atoms. The topological polar surface area (TPSA) is 0 Å². The van der Waals surface area contributed by atoms with E-state index in [9.17, 15) is 0 Å². The first-order valence-electron chi connectivity index (χ1n) is 2.10. The molecule has 0 aliphatic rings. The maximum atomic E-state index is 3.25. The van der Waals surface area contributed by atoms with E-state index in [1.165, 1.54) is 0 Å². The van der Waals surface area contributed by atoms with Gasteiger partial charge in [0.05, 0.1) is 0 Å². The van der Waals surface area contributed by atoms with E-state index in [0.29, 0.717) is 0 Å².